The van der Waals surface area contributed by atoms with E-state index >= 15 is 0 Å². The van der Waals surface area contributed by atoms with Crippen molar-refractivity contribution in [1.29, 1.82) is 0 Å². The summed E-state index contributed by atoms with van der Waals surface area (Å²) in [5.41, 5.74) is 3.25. The van der Waals surface area contributed by atoms with E-state index in [-0.39, 0.29) is 0 Å². The number of quaternary nitrogens is 1. The highest BCUT2D eigenvalue weighted by Crippen LogP contribution is 2.57. The molecular formula is C22H30NO+. The van der Waals surface area contributed by atoms with Crippen LogP contribution in [0, 0.1) is 5.92 Å². The van der Waals surface area contributed by atoms with Gasteiger partial charge in [0.25, 0.3) is 0 Å². The summed E-state index contributed by atoms with van der Waals surface area (Å²) in [6, 6.07) is 6.83. The Morgan fingerprint density at radius 3 is 2.71 bits per heavy atom. The van der Waals surface area contributed by atoms with E-state index in [2.05, 4.69) is 37.4 Å². The Hall–Kier alpha value is -1.54. The highest BCUT2D eigenvalue weighted by molar-refractivity contribution is 5.44. The molecular weight excluding hydrogens is 294 g/mol. The molecule has 2 fully saturated rings. The molecule has 2 aliphatic carbocycles. The first-order valence-electron chi connectivity index (χ1n) is 9.55. The lowest BCUT2D eigenvalue weighted by Crippen LogP contribution is -2.70. The van der Waals surface area contributed by atoms with Crippen molar-refractivity contribution in [3.63, 3.8) is 0 Å². The Balaban J connectivity index is 1.86. The van der Waals surface area contributed by atoms with Crippen LogP contribution in [0.5, 0.6) is 5.75 Å². The second kappa shape index (κ2) is 5.77. The van der Waals surface area contributed by atoms with Crippen LogP contribution in [0.4, 0.5) is 0 Å². The fourth-order valence-electron chi connectivity index (χ4n) is 6.39. The van der Waals surface area contributed by atoms with Gasteiger partial charge in [0.1, 0.15) is 5.75 Å². The lowest BCUT2D eigenvalue weighted by atomic mass is 9.51. The number of fused-ring (bicyclic) bond motifs is 1. The van der Waals surface area contributed by atoms with Gasteiger partial charge >= 0.3 is 0 Å². The molecule has 0 spiro atoms. The van der Waals surface area contributed by atoms with Crippen LogP contribution in [0.2, 0.25) is 0 Å². The van der Waals surface area contributed by atoms with Gasteiger partial charge in [-0.2, -0.15) is 0 Å². The number of nitrogens with zero attached hydrogens (tertiary/aromatic N) is 1. The van der Waals surface area contributed by atoms with E-state index in [9.17, 15) is 5.11 Å². The molecule has 1 saturated carbocycles. The van der Waals surface area contributed by atoms with Gasteiger partial charge in [-0.3, -0.25) is 0 Å². The number of likely N-dealkylation sites (tertiary alicyclic amines) is 1. The Morgan fingerprint density at radius 2 is 1.96 bits per heavy atom. The second-order valence-corrected chi connectivity index (χ2v) is 8.26. The molecule has 1 heterocycles. The number of benzene rings is 1. The number of phenols is 1. The number of piperidine rings is 1. The molecule has 1 N–H and O–H groups in total. The van der Waals surface area contributed by atoms with Crippen LogP contribution >= 0.6 is 0 Å². The third-order valence-corrected chi connectivity index (χ3v) is 7.31. The molecule has 3 atom stereocenters. The minimum atomic E-state index is 0.305. The van der Waals surface area contributed by atoms with E-state index < -0.39 is 0 Å². The average molecular weight is 324 g/mol. The topological polar surface area (TPSA) is 20.2 Å². The predicted molar refractivity (Wildman–Crippen MR) is 99.1 cm³/mol. The molecule has 2 bridgehead atoms. The third-order valence-electron chi connectivity index (χ3n) is 7.31. The van der Waals surface area contributed by atoms with Crippen molar-refractivity contribution in [2.45, 2.75) is 50.0 Å². The minimum Gasteiger partial charge on any atom is -0.508 e. The van der Waals surface area contributed by atoms with Crippen LogP contribution in [0.1, 0.15) is 43.2 Å². The molecule has 2 nitrogen and oxygen atoms in total. The maximum absolute atomic E-state index is 10.1. The van der Waals surface area contributed by atoms with Crippen LogP contribution in [0.3, 0.4) is 0 Å². The number of rotatable bonds is 4. The molecule has 0 unspecified atom stereocenters. The van der Waals surface area contributed by atoms with E-state index in [1.54, 1.807) is 0 Å². The fraction of sp³-hybridized carbons (Fsp3) is 0.545. The average Bonchev–Trinajstić information content (AvgIpc) is 2.59. The summed E-state index contributed by atoms with van der Waals surface area (Å²) in [4.78, 5) is 0. The molecule has 128 valence electrons. The Labute approximate surface area is 146 Å². The van der Waals surface area contributed by atoms with Gasteiger partial charge in [0.15, 0.2) is 0 Å². The Kier molecular flexibility index (Phi) is 3.84. The predicted octanol–water partition coefficient (Wildman–Crippen LogP) is 4.34. The highest BCUT2D eigenvalue weighted by atomic mass is 16.3. The summed E-state index contributed by atoms with van der Waals surface area (Å²) in [5, 5.41) is 10.1. The zero-order valence-electron chi connectivity index (χ0n) is 14.7. The first kappa shape index (κ1) is 16.0. The van der Waals surface area contributed by atoms with Gasteiger partial charge in [-0.05, 0) is 48.3 Å². The van der Waals surface area contributed by atoms with Gasteiger partial charge in [0.2, 0.25) is 0 Å². The second-order valence-electron chi connectivity index (χ2n) is 8.26. The largest absolute Gasteiger partial charge is 0.508 e. The molecule has 3 aliphatic rings. The van der Waals surface area contributed by atoms with Crippen molar-refractivity contribution in [2.75, 3.05) is 19.6 Å². The van der Waals surface area contributed by atoms with Crippen LogP contribution in [0.25, 0.3) is 0 Å². The van der Waals surface area contributed by atoms with Gasteiger partial charge in [0.05, 0.1) is 25.7 Å². The Morgan fingerprint density at radius 1 is 1.17 bits per heavy atom. The molecule has 0 aromatic heterocycles. The number of hydrogen-bond donors (Lipinski definition) is 1. The van der Waals surface area contributed by atoms with Gasteiger partial charge in [-0.15, -0.1) is 0 Å². The summed E-state index contributed by atoms with van der Waals surface area (Å²) in [7, 11) is 0. The van der Waals surface area contributed by atoms with E-state index in [1.165, 1.54) is 49.8 Å². The number of hydrogen-bond acceptors (Lipinski definition) is 1. The zero-order chi connectivity index (χ0) is 16.8. The molecule has 1 aliphatic heterocycles. The van der Waals surface area contributed by atoms with Gasteiger partial charge in [0, 0.05) is 24.2 Å². The van der Waals surface area contributed by atoms with E-state index in [0.717, 1.165) is 29.9 Å². The normalized spacial score (nSPS) is 33.2. The summed E-state index contributed by atoms with van der Waals surface area (Å²) in [5.74, 6) is 1.18. The molecule has 24 heavy (non-hydrogen) atoms. The first-order valence-corrected chi connectivity index (χ1v) is 9.55. The summed E-state index contributed by atoms with van der Waals surface area (Å²) < 4.78 is 1.14. The SMILES string of the molecule is C=CC[N+]1(CC=C)CC[C@]23CCCC[C@H]2[C@H]1Cc1ccc(O)cc13. The fourth-order valence-corrected chi connectivity index (χ4v) is 6.39. The maximum Gasteiger partial charge on any atom is 0.115 e. The highest BCUT2D eigenvalue weighted by Gasteiger charge is 2.59. The van der Waals surface area contributed by atoms with Gasteiger partial charge in [-0.1, -0.05) is 32.1 Å². The molecule has 1 saturated heterocycles. The quantitative estimate of drug-likeness (QED) is 0.645. The summed E-state index contributed by atoms with van der Waals surface area (Å²) >= 11 is 0. The molecule has 1 aromatic rings. The Bertz CT molecular complexity index is 654. The molecule has 2 heteroatoms. The van der Waals surface area contributed by atoms with Crippen molar-refractivity contribution < 1.29 is 9.59 Å². The van der Waals surface area contributed by atoms with Gasteiger partial charge in [-0.25, -0.2) is 0 Å². The van der Waals surface area contributed by atoms with Crippen LogP contribution < -0.4 is 0 Å². The van der Waals surface area contributed by atoms with Crippen molar-refractivity contribution in [1.82, 2.24) is 0 Å². The van der Waals surface area contributed by atoms with Crippen LogP contribution in [-0.2, 0) is 11.8 Å². The van der Waals surface area contributed by atoms with Crippen molar-refractivity contribution in [3.05, 3.63) is 54.6 Å². The zero-order valence-corrected chi connectivity index (χ0v) is 14.7. The summed E-state index contributed by atoms with van der Waals surface area (Å²) in [6.07, 6.45) is 12.0. The van der Waals surface area contributed by atoms with Crippen molar-refractivity contribution in [2.24, 2.45) is 5.92 Å². The van der Waals surface area contributed by atoms with E-state index in [4.69, 9.17) is 0 Å². The standard InChI is InChI=1S/C22H29NO/c1-3-12-23(13-4-2)14-11-22-10-6-5-7-19(22)21(23)15-17-8-9-18(24)16-20(17)22/h3-4,8-9,16,19,21H,1-2,5-7,10-15H2/p+1/t19-,21+,22+/m0/s1. The minimum absolute atomic E-state index is 0.305. The lowest BCUT2D eigenvalue weighted by Gasteiger charge is -2.62. The molecule has 0 amide bonds. The van der Waals surface area contributed by atoms with Crippen LogP contribution in [0.15, 0.2) is 43.5 Å². The van der Waals surface area contributed by atoms with Crippen LogP contribution in [-0.4, -0.2) is 35.3 Å². The molecule has 4 rings (SSSR count). The first-order chi connectivity index (χ1) is 11.6. The third kappa shape index (κ3) is 2.12. The van der Waals surface area contributed by atoms with E-state index in [0.29, 0.717) is 17.2 Å². The molecule has 0 radical (unpaired) electrons. The van der Waals surface area contributed by atoms with Crippen molar-refractivity contribution in [3.8, 4) is 5.75 Å². The number of aromatic hydroxyl groups is 1. The van der Waals surface area contributed by atoms with Crippen molar-refractivity contribution >= 4 is 0 Å². The summed E-state index contributed by atoms with van der Waals surface area (Å²) in [6.45, 7) is 11.4. The smallest absolute Gasteiger partial charge is 0.115 e. The maximum atomic E-state index is 10.1. The van der Waals surface area contributed by atoms with E-state index in [1.807, 2.05) is 6.07 Å². The monoisotopic (exact) mass is 324 g/mol. The molecule has 1 aromatic carbocycles. The number of phenolic OH excluding ortho intramolecular Hbond substituents is 1. The van der Waals surface area contributed by atoms with Gasteiger partial charge < -0.3 is 9.59 Å². The lowest BCUT2D eigenvalue weighted by molar-refractivity contribution is -0.952.